The molecule has 1 amide bonds. The van der Waals surface area contributed by atoms with Crippen molar-refractivity contribution in [1.29, 1.82) is 0 Å². The fourth-order valence-corrected chi connectivity index (χ4v) is 4.59. The highest BCUT2D eigenvalue weighted by molar-refractivity contribution is 5.94. The molecule has 28 heavy (non-hydrogen) atoms. The molecule has 2 aromatic rings. The van der Waals surface area contributed by atoms with Crippen molar-refractivity contribution in [2.75, 3.05) is 38.7 Å². The summed E-state index contributed by atoms with van der Waals surface area (Å²) in [6, 6.07) is 5.52. The Balaban J connectivity index is 1.41. The number of rotatable bonds is 4. The van der Waals surface area contributed by atoms with Crippen molar-refractivity contribution < 1.29 is 14.3 Å². The molecule has 2 saturated heterocycles. The highest BCUT2D eigenvalue weighted by Crippen LogP contribution is 2.37. The molecule has 4 rings (SSSR count). The highest BCUT2D eigenvalue weighted by atomic mass is 16.5. The summed E-state index contributed by atoms with van der Waals surface area (Å²) < 4.78 is 14.9. The summed E-state index contributed by atoms with van der Waals surface area (Å²) in [5, 5.41) is 2.95. The topological polar surface area (TPSA) is 77.7 Å². The Morgan fingerprint density at radius 1 is 1.29 bits per heavy atom. The normalized spacial score (nSPS) is 25.6. The van der Waals surface area contributed by atoms with Gasteiger partial charge in [0.1, 0.15) is 0 Å². The van der Waals surface area contributed by atoms with Crippen molar-refractivity contribution in [2.24, 2.45) is 14.1 Å². The number of aryl methyl sites for hydroxylation is 2. The zero-order chi connectivity index (χ0) is 19.9. The maximum atomic E-state index is 12.6. The van der Waals surface area contributed by atoms with Gasteiger partial charge in [0.15, 0.2) is 0 Å². The molecule has 8 nitrogen and oxygen atoms in total. The second-order valence-electron chi connectivity index (χ2n) is 7.88. The van der Waals surface area contributed by atoms with Gasteiger partial charge in [0.25, 0.3) is 0 Å². The number of aromatic nitrogens is 2. The number of nitrogens with one attached hydrogen (secondary N) is 1. The second kappa shape index (κ2) is 7.35. The number of piperidine rings is 1. The quantitative estimate of drug-likeness (QED) is 0.848. The standard InChI is InChI=1S/C20H28N4O4/c1-22-15-6-5-14(11-16(15)23(2)19(22)26)21-18(25)13-24-9-8-20(7-4-10-28-20)17(12-24)27-3/h5-6,11,17H,4,7-10,12-13H2,1-3H3,(H,21,25)/t17-,20+/m1/s1. The minimum absolute atomic E-state index is 0.00764. The zero-order valence-electron chi connectivity index (χ0n) is 16.7. The maximum Gasteiger partial charge on any atom is 0.328 e. The molecule has 0 aliphatic carbocycles. The summed E-state index contributed by atoms with van der Waals surface area (Å²) in [6.07, 6.45) is 2.98. The second-order valence-corrected chi connectivity index (χ2v) is 7.88. The Kier molecular flexibility index (Phi) is 5.03. The van der Waals surface area contributed by atoms with Crippen LogP contribution >= 0.6 is 0 Å². The number of hydrogen-bond acceptors (Lipinski definition) is 5. The molecule has 0 radical (unpaired) electrons. The Hall–Kier alpha value is -2.16. The molecule has 1 aromatic heterocycles. The first-order valence-electron chi connectivity index (χ1n) is 9.78. The Morgan fingerprint density at radius 2 is 2.07 bits per heavy atom. The van der Waals surface area contributed by atoms with Crippen LogP contribution < -0.4 is 11.0 Å². The van der Waals surface area contributed by atoms with E-state index in [4.69, 9.17) is 9.47 Å². The van der Waals surface area contributed by atoms with Crippen LogP contribution in [-0.2, 0) is 28.4 Å². The summed E-state index contributed by atoms with van der Waals surface area (Å²) in [6.45, 7) is 2.61. The average Bonchev–Trinajstić information content (AvgIpc) is 3.24. The molecule has 0 saturated carbocycles. The van der Waals surface area contributed by atoms with Gasteiger partial charge in [-0.25, -0.2) is 4.79 Å². The summed E-state index contributed by atoms with van der Waals surface area (Å²) in [7, 11) is 5.19. The van der Waals surface area contributed by atoms with Gasteiger partial charge < -0.3 is 14.8 Å². The van der Waals surface area contributed by atoms with Crippen molar-refractivity contribution in [3.63, 3.8) is 0 Å². The molecule has 1 aromatic carbocycles. The van der Waals surface area contributed by atoms with Gasteiger partial charge in [-0.2, -0.15) is 0 Å². The van der Waals surface area contributed by atoms with Crippen molar-refractivity contribution in [1.82, 2.24) is 14.0 Å². The van der Waals surface area contributed by atoms with Gasteiger partial charge in [0.05, 0.1) is 29.3 Å². The first-order chi connectivity index (χ1) is 13.4. The van der Waals surface area contributed by atoms with Crippen LogP contribution in [0.3, 0.4) is 0 Å². The number of hydrogen-bond donors (Lipinski definition) is 1. The lowest BCUT2D eigenvalue weighted by molar-refractivity contribution is -0.145. The number of ether oxygens (including phenoxy) is 2. The van der Waals surface area contributed by atoms with Gasteiger partial charge in [-0.15, -0.1) is 0 Å². The van der Waals surface area contributed by atoms with Gasteiger partial charge in [0.2, 0.25) is 5.91 Å². The third-order valence-electron chi connectivity index (χ3n) is 6.20. The molecule has 152 valence electrons. The number of methoxy groups -OCH3 is 1. The summed E-state index contributed by atoms with van der Waals surface area (Å²) in [5.41, 5.74) is 2.06. The van der Waals surface area contributed by atoms with Crippen LogP contribution in [0.1, 0.15) is 19.3 Å². The number of fused-ring (bicyclic) bond motifs is 1. The molecule has 2 aliphatic heterocycles. The molecule has 3 heterocycles. The first kappa shape index (κ1) is 19.2. The van der Waals surface area contributed by atoms with Crippen molar-refractivity contribution in [2.45, 2.75) is 31.0 Å². The van der Waals surface area contributed by atoms with E-state index >= 15 is 0 Å². The number of carbonyl (C=O) groups is 1. The van der Waals surface area contributed by atoms with E-state index in [9.17, 15) is 9.59 Å². The van der Waals surface area contributed by atoms with E-state index < -0.39 is 0 Å². The van der Waals surface area contributed by atoms with Crippen LogP contribution in [-0.4, -0.2) is 65.0 Å². The van der Waals surface area contributed by atoms with E-state index in [1.807, 2.05) is 18.2 Å². The van der Waals surface area contributed by atoms with Crippen LogP contribution in [0.25, 0.3) is 11.0 Å². The number of carbonyl (C=O) groups excluding carboxylic acids is 1. The van der Waals surface area contributed by atoms with E-state index in [0.29, 0.717) is 18.8 Å². The predicted octanol–water partition coefficient (Wildman–Crippen LogP) is 1.09. The van der Waals surface area contributed by atoms with E-state index in [2.05, 4.69) is 10.2 Å². The molecule has 2 aliphatic rings. The summed E-state index contributed by atoms with van der Waals surface area (Å²) >= 11 is 0. The van der Waals surface area contributed by atoms with Gasteiger partial charge in [-0.3, -0.25) is 18.8 Å². The third-order valence-corrected chi connectivity index (χ3v) is 6.20. The smallest absolute Gasteiger partial charge is 0.328 e. The molecule has 0 bridgehead atoms. The number of amides is 1. The van der Waals surface area contributed by atoms with Gasteiger partial charge >= 0.3 is 5.69 Å². The van der Waals surface area contributed by atoms with Gasteiger partial charge in [-0.1, -0.05) is 0 Å². The molecule has 1 N–H and O–H groups in total. The minimum Gasteiger partial charge on any atom is -0.377 e. The third kappa shape index (κ3) is 3.25. The van der Waals surface area contributed by atoms with Crippen LogP contribution in [0.5, 0.6) is 0 Å². The SMILES string of the molecule is CO[C@@H]1CN(CC(=O)Nc2ccc3c(c2)n(C)c(=O)n3C)CC[C@@]12CCCO2. The van der Waals surface area contributed by atoms with E-state index in [0.717, 1.165) is 43.4 Å². The van der Waals surface area contributed by atoms with E-state index in [1.54, 1.807) is 30.3 Å². The van der Waals surface area contributed by atoms with Crippen molar-refractivity contribution in [3.8, 4) is 0 Å². The largest absolute Gasteiger partial charge is 0.377 e. The highest BCUT2D eigenvalue weighted by Gasteiger charge is 2.46. The fraction of sp³-hybridized carbons (Fsp3) is 0.600. The van der Waals surface area contributed by atoms with Crippen LogP contribution in [0.4, 0.5) is 5.69 Å². The monoisotopic (exact) mass is 388 g/mol. The number of anilines is 1. The molecular formula is C20H28N4O4. The van der Waals surface area contributed by atoms with Crippen molar-refractivity contribution in [3.05, 3.63) is 28.7 Å². The van der Waals surface area contributed by atoms with Crippen LogP contribution in [0, 0.1) is 0 Å². The Labute approximate surface area is 164 Å². The summed E-state index contributed by atoms with van der Waals surface area (Å²) in [5.74, 6) is -0.0709. The van der Waals surface area contributed by atoms with Crippen molar-refractivity contribution >= 4 is 22.6 Å². The molecule has 2 fully saturated rings. The molecule has 8 heteroatoms. The fourth-order valence-electron chi connectivity index (χ4n) is 4.59. The molecule has 1 spiro atoms. The lowest BCUT2D eigenvalue weighted by atomic mass is 9.86. The Bertz CT molecular complexity index is 942. The molecular weight excluding hydrogens is 360 g/mol. The Morgan fingerprint density at radius 3 is 2.79 bits per heavy atom. The number of nitrogens with zero attached hydrogens (tertiary/aromatic N) is 3. The lowest BCUT2D eigenvalue weighted by Gasteiger charge is -2.44. The molecule has 0 unspecified atom stereocenters. The maximum absolute atomic E-state index is 12.6. The van der Waals surface area contributed by atoms with Gasteiger partial charge in [0, 0.05) is 46.6 Å². The van der Waals surface area contributed by atoms with Gasteiger partial charge in [-0.05, 0) is 37.5 Å². The minimum atomic E-state index is -0.176. The lowest BCUT2D eigenvalue weighted by Crippen LogP contribution is -2.57. The first-order valence-corrected chi connectivity index (χ1v) is 9.78. The van der Waals surface area contributed by atoms with E-state index in [1.165, 1.54) is 0 Å². The average molecular weight is 388 g/mol. The predicted molar refractivity (Wildman–Crippen MR) is 107 cm³/mol. The molecule has 2 atom stereocenters. The van der Waals surface area contributed by atoms with E-state index in [-0.39, 0.29) is 23.3 Å². The van der Waals surface area contributed by atoms with Crippen LogP contribution in [0.2, 0.25) is 0 Å². The number of likely N-dealkylation sites (tertiary alicyclic amines) is 1. The van der Waals surface area contributed by atoms with Crippen LogP contribution in [0.15, 0.2) is 23.0 Å². The number of imidazole rings is 1. The number of benzene rings is 1. The summed E-state index contributed by atoms with van der Waals surface area (Å²) in [4.78, 5) is 26.8. The zero-order valence-corrected chi connectivity index (χ0v) is 16.7.